The van der Waals surface area contributed by atoms with Crippen LogP contribution >= 0.6 is 0 Å². The van der Waals surface area contributed by atoms with Crippen molar-refractivity contribution in [2.45, 2.75) is 33.2 Å². The first-order chi connectivity index (χ1) is 9.52. The normalized spacial score (nSPS) is 10.8. The molecule has 0 aliphatic heterocycles. The number of hydrogen-bond donors (Lipinski definition) is 1. The van der Waals surface area contributed by atoms with E-state index in [2.05, 4.69) is 12.0 Å². The van der Waals surface area contributed by atoms with Crippen LogP contribution < -0.4 is 0 Å². The topological polar surface area (TPSA) is 55.1 Å². The SMILES string of the molecule is CCCCn1cc(-c2cc(C)c(C(=O)O)c(F)c2)cn1. The predicted molar refractivity (Wildman–Crippen MR) is 74.2 cm³/mol. The van der Waals surface area contributed by atoms with Crippen LogP contribution in [0.2, 0.25) is 0 Å². The first-order valence-corrected chi connectivity index (χ1v) is 6.59. The zero-order valence-corrected chi connectivity index (χ0v) is 11.6. The van der Waals surface area contributed by atoms with Gasteiger partial charge in [-0.05, 0) is 30.5 Å². The summed E-state index contributed by atoms with van der Waals surface area (Å²) in [7, 11) is 0. The lowest BCUT2D eigenvalue weighted by molar-refractivity contribution is 0.0691. The van der Waals surface area contributed by atoms with E-state index in [0.29, 0.717) is 11.1 Å². The number of aryl methyl sites for hydroxylation is 2. The van der Waals surface area contributed by atoms with Crippen molar-refractivity contribution in [2.75, 3.05) is 0 Å². The van der Waals surface area contributed by atoms with E-state index in [1.165, 1.54) is 6.07 Å². The molecule has 2 aromatic rings. The smallest absolute Gasteiger partial charge is 0.338 e. The Hall–Kier alpha value is -2.17. The minimum Gasteiger partial charge on any atom is -0.478 e. The van der Waals surface area contributed by atoms with E-state index in [9.17, 15) is 9.18 Å². The van der Waals surface area contributed by atoms with Gasteiger partial charge >= 0.3 is 5.97 Å². The van der Waals surface area contributed by atoms with Gasteiger partial charge in [0.25, 0.3) is 0 Å². The average molecular weight is 276 g/mol. The van der Waals surface area contributed by atoms with Crippen molar-refractivity contribution in [1.29, 1.82) is 0 Å². The van der Waals surface area contributed by atoms with Crippen LogP contribution in [0.1, 0.15) is 35.7 Å². The van der Waals surface area contributed by atoms with Gasteiger partial charge in [-0.1, -0.05) is 19.4 Å². The summed E-state index contributed by atoms with van der Waals surface area (Å²) in [6.07, 6.45) is 5.64. The molecule has 1 N–H and O–H groups in total. The highest BCUT2D eigenvalue weighted by molar-refractivity contribution is 5.90. The quantitative estimate of drug-likeness (QED) is 0.909. The Balaban J connectivity index is 2.34. The molecule has 1 heterocycles. The first kappa shape index (κ1) is 14.2. The summed E-state index contributed by atoms with van der Waals surface area (Å²) in [6.45, 7) is 4.52. The summed E-state index contributed by atoms with van der Waals surface area (Å²) in [5.41, 5.74) is 1.58. The number of carbonyl (C=O) groups is 1. The van der Waals surface area contributed by atoms with Gasteiger partial charge in [0.2, 0.25) is 0 Å². The number of carboxylic acids is 1. The van der Waals surface area contributed by atoms with Crippen molar-refractivity contribution in [3.05, 3.63) is 41.5 Å². The van der Waals surface area contributed by atoms with E-state index in [1.54, 1.807) is 19.2 Å². The number of aromatic carboxylic acids is 1. The zero-order chi connectivity index (χ0) is 14.7. The van der Waals surface area contributed by atoms with Crippen LogP contribution in [0.15, 0.2) is 24.5 Å². The van der Waals surface area contributed by atoms with Gasteiger partial charge in [0.1, 0.15) is 5.82 Å². The molecular formula is C15H17FN2O2. The maximum Gasteiger partial charge on any atom is 0.338 e. The zero-order valence-electron chi connectivity index (χ0n) is 11.6. The molecule has 0 unspecified atom stereocenters. The lowest BCUT2D eigenvalue weighted by atomic mass is 10.0. The number of halogens is 1. The Morgan fingerprint density at radius 1 is 1.40 bits per heavy atom. The molecule has 4 nitrogen and oxygen atoms in total. The summed E-state index contributed by atoms with van der Waals surface area (Å²) in [6, 6.07) is 2.92. The van der Waals surface area contributed by atoms with Gasteiger partial charge in [0, 0.05) is 18.3 Å². The van der Waals surface area contributed by atoms with E-state index >= 15 is 0 Å². The summed E-state index contributed by atoms with van der Waals surface area (Å²) >= 11 is 0. The summed E-state index contributed by atoms with van der Waals surface area (Å²) < 4.78 is 15.7. The number of hydrogen-bond acceptors (Lipinski definition) is 2. The molecule has 1 aromatic carbocycles. The Labute approximate surface area is 116 Å². The molecule has 106 valence electrons. The van der Waals surface area contributed by atoms with Crippen LogP contribution in [0, 0.1) is 12.7 Å². The molecule has 0 amide bonds. The molecule has 0 bridgehead atoms. The summed E-state index contributed by atoms with van der Waals surface area (Å²) in [5, 5.41) is 13.2. The Morgan fingerprint density at radius 2 is 2.15 bits per heavy atom. The fourth-order valence-corrected chi connectivity index (χ4v) is 2.14. The van der Waals surface area contributed by atoms with Crippen LogP contribution in [0.4, 0.5) is 4.39 Å². The van der Waals surface area contributed by atoms with Gasteiger partial charge in [0.05, 0.1) is 11.8 Å². The highest BCUT2D eigenvalue weighted by Crippen LogP contribution is 2.24. The predicted octanol–water partition coefficient (Wildman–Crippen LogP) is 3.50. The molecular weight excluding hydrogens is 259 g/mol. The minimum atomic E-state index is -1.25. The lowest BCUT2D eigenvalue weighted by Crippen LogP contribution is -2.04. The molecule has 0 aliphatic rings. The van der Waals surface area contributed by atoms with Crippen molar-refractivity contribution in [3.63, 3.8) is 0 Å². The number of unbranched alkanes of at least 4 members (excludes halogenated alkanes) is 1. The number of aromatic nitrogens is 2. The number of carboxylic acid groups (broad SMARTS) is 1. The van der Waals surface area contributed by atoms with Gasteiger partial charge in [0.15, 0.2) is 0 Å². The maximum atomic E-state index is 13.8. The van der Waals surface area contributed by atoms with E-state index in [1.807, 2.05) is 10.9 Å². The maximum absolute atomic E-state index is 13.8. The van der Waals surface area contributed by atoms with Gasteiger partial charge in [-0.3, -0.25) is 4.68 Å². The van der Waals surface area contributed by atoms with Crippen LogP contribution in [0.25, 0.3) is 11.1 Å². The Kier molecular flexibility index (Phi) is 4.17. The molecule has 5 heteroatoms. The average Bonchev–Trinajstić information content (AvgIpc) is 2.83. The molecule has 1 aromatic heterocycles. The monoisotopic (exact) mass is 276 g/mol. The number of rotatable bonds is 5. The van der Waals surface area contributed by atoms with E-state index in [4.69, 9.17) is 5.11 Å². The first-order valence-electron chi connectivity index (χ1n) is 6.59. The standard InChI is InChI=1S/C15H17FN2O2/c1-3-4-5-18-9-12(8-17-18)11-6-10(2)14(15(19)20)13(16)7-11/h6-9H,3-5H2,1-2H3,(H,19,20). The summed E-state index contributed by atoms with van der Waals surface area (Å²) in [4.78, 5) is 11.0. The van der Waals surface area contributed by atoms with Crippen LogP contribution in [-0.2, 0) is 6.54 Å². The van der Waals surface area contributed by atoms with Crippen molar-refractivity contribution in [1.82, 2.24) is 9.78 Å². The van der Waals surface area contributed by atoms with E-state index in [-0.39, 0.29) is 5.56 Å². The molecule has 0 radical (unpaired) electrons. The molecule has 0 fully saturated rings. The van der Waals surface area contributed by atoms with E-state index < -0.39 is 11.8 Å². The molecule has 0 atom stereocenters. The third kappa shape index (κ3) is 2.87. The Morgan fingerprint density at radius 3 is 2.75 bits per heavy atom. The van der Waals surface area contributed by atoms with Crippen LogP contribution in [-0.4, -0.2) is 20.9 Å². The number of benzene rings is 1. The van der Waals surface area contributed by atoms with Gasteiger partial charge in [-0.2, -0.15) is 5.10 Å². The van der Waals surface area contributed by atoms with Crippen LogP contribution in [0.5, 0.6) is 0 Å². The second-order valence-corrected chi connectivity index (χ2v) is 4.80. The second-order valence-electron chi connectivity index (χ2n) is 4.80. The molecule has 0 saturated heterocycles. The van der Waals surface area contributed by atoms with Gasteiger partial charge in [-0.25, -0.2) is 9.18 Å². The third-order valence-corrected chi connectivity index (χ3v) is 3.21. The lowest BCUT2D eigenvalue weighted by Gasteiger charge is -2.05. The largest absolute Gasteiger partial charge is 0.478 e. The van der Waals surface area contributed by atoms with Gasteiger partial charge < -0.3 is 5.11 Å². The Bertz CT molecular complexity index is 612. The van der Waals surface area contributed by atoms with Crippen molar-refractivity contribution in [2.24, 2.45) is 0 Å². The number of nitrogens with zero attached hydrogens (tertiary/aromatic N) is 2. The molecule has 0 saturated carbocycles. The summed E-state index contributed by atoms with van der Waals surface area (Å²) in [5.74, 6) is -1.96. The minimum absolute atomic E-state index is 0.271. The van der Waals surface area contributed by atoms with E-state index in [0.717, 1.165) is 24.9 Å². The molecule has 0 spiro atoms. The highest BCUT2D eigenvalue weighted by atomic mass is 19.1. The second kappa shape index (κ2) is 5.86. The fourth-order valence-electron chi connectivity index (χ4n) is 2.14. The van der Waals surface area contributed by atoms with Crippen molar-refractivity contribution < 1.29 is 14.3 Å². The molecule has 0 aliphatic carbocycles. The molecule has 20 heavy (non-hydrogen) atoms. The van der Waals surface area contributed by atoms with Gasteiger partial charge in [-0.15, -0.1) is 0 Å². The highest BCUT2D eigenvalue weighted by Gasteiger charge is 2.15. The fraction of sp³-hybridized carbons (Fsp3) is 0.333. The molecule has 2 rings (SSSR count). The third-order valence-electron chi connectivity index (χ3n) is 3.21. The van der Waals surface area contributed by atoms with Crippen LogP contribution in [0.3, 0.4) is 0 Å². The van der Waals surface area contributed by atoms with Crippen molar-refractivity contribution in [3.8, 4) is 11.1 Å². The van der Waals surface area contributed by atoms with Crippen molar-refractivity contribution >= 4 is 5.97 Å².